The molecule has 2 saturated heterocycles. The molecule has 0 aromatic carbocycles. The van der Waals surface area contributed by atoms with Crippen LogP contribution in [-0.4, -0.2) is 49.1 Å². The summed E-state index contributed by atoms with van der Waals surface area (Å²) in [6.07, 6.45) is 4.90. The van der Waals surface area contributed by atoms with Gasteiger partial charge in [0.25, 0.3) is 10.2 Å². The van der Waals surface area contributed by atoms with Crippen LogP contribution in [0.5, 0.6) is 0 Å². The van der Waals surface area contributed by atoms with E-state index < -0.39 is 10.2 Å². The van der Waals surface area contributed by atoms with E-state index in [4.69, 9.17) is 11.6 Å². The van der Waals surface area contributed by atoms with E-state index in [-0.39, 0.29) is 5.41 Å². The van der Waals surface area contributed by atoms with Gasteiger partial charge in [-0.3, -0.25) is 0 Å². The molecule has 2 fully saturated rings. The van der Waals surface area contributed by atoms with E-state index in [1.807, 2.05) is 0 Å². The van der Waals surface area contributed by atoms with E-state index in [0.29, 0.717) is 38.0 Å². The highest BCUT2D eigenvalue weighted by atomic mass is 35.5. The smallest absolute Gasteiger partial charge is 0.195 e. The summed E-state index contributed by atoms with van der Waals surface area (Å²) in [6, 6.07) is 0. The number of hydrogen-bond donors (Lipinski definition) is 0. The fraction of sp³-hybridized carbons (Fsp3) is 1.00. The largest absolute Gasteiger partial charge is 0.281 e. The van der Waals surface area contributed by atoms with Gasteiger partial charge in [0, 0.05) is 32.1 Å². The monoisotopic (exact) mass is 322 g/mol. The number of hydrogen-bond acceptors (Lipinski definition) is 2. The Bertz CT molecular complexity index is 415. The SMILES string of the molecule is CCC1(CC)CCN(S(=O)(=O)N2CCC(CCl)CC2)C1. The lowest BCUT2D eigenvalue weighted by molar-refractivity contribution is 0.253. The summed E-state index contributed by atoms with van der Waals surface area (Å²) in [7, 11) is -3.26. The van der Waals surface area contributed by atoms with Crippen LogP contribution in [-0.2, 0) is 10.2 Å². The van der Waals surface area contributed by atoms with Crippen LogP contribution in [0, 0.1) is 11.3 Å². The van der Waals surface area contributed by atoms with Gasteiger partial charge in [0.15, 0.2) is 0 Å². The van der Waals surface area contributed by atoms with Gasteiger partial charge in [-0.1, -0.05) is 13.8 Å². The minimum Gasteiger partial charge on any atom is -0.195 e. The molecule has 20 heavy (non-hydrogen) atoms. The molecule has 2 aliphatic rings. The fourth-order valence-electron chi connectivity index (χ4n) is 3.38. The molecule has 0 bridgehead atoms. The Balaban J connectivity index is 2.02. The fourth-order valence-corrected chi connectivity index (χ4v) is 5.44. The number of piperidine rings is 1. The minimum absolute atomic E-state index is 0.196. The van der Waals surface area contributed by atoms with Crippen LogP contribution in [0.15, 0.2) is 0 Å². The standard InChI is InChI=1S/C14H27ClN2O2S/c1-3-14(4-2)7-10-17(12-14)20(18,19)16-8-5-13(11-15)6-9-16/h13H,3-12H2,1-2H3. The topological polar surface area (TPSA) is 40.6 Å². The molecular weight excluding hydrogens is 296 g/mol. The van der Waals surface area contributed by atoms with Crippen molar-refractivity contribution >= 4 is 21.8 Å². The molecule has 2 aliphatic heterocycles. The number of halogens is 1. The third-order valence-corrected chi connectivity index (χ3v) is 7.77. The van der Waals surface area contributed by atoms with E-state index >= 15 is 0 Å². The second-order valence-corrected chi connectivity index (χ2v) is 8.53. The summed E-state index contributed by atoms with van der Waals surface area (Å²) < 4.78 is 28.8. The molecule has 0 aliphatic carbocycles. The molecule has 0 saturated carbocycles. The van der Waals surface area contributed by atoms with Crippen LogP contribution >= 0.6 is 11.6 Å². The number of rotatable bonds is 5. The van der Waals surface area contributed by atoms with Crippen molar-refractivity contribution in [3.05, 3.63) is 0 Å². The predicted molar refractivity (Wildman–Crippen MR) is 83.1 cm³/mol. The summed E-state index contributed by atoms with van der Waals surface area (Å²) in [4.78, 5) is 0. The van der Waals surface area contributed by atoms with Crippen molar-refractivity contribution in [1.82, 2.24) is 8.61 Å². The van der Waals surface area contributed by atoms with Gasteiger partial charge >= 0.3 is 0 Å². The Morgan fingerprint density at radius 1 is 1.10 bits per heavy atom. The third-order valence-electron chi connectivity index (χ3n) is 5.35. The summed E-state index contributed by atoms with van der Waals surface area (Å²) in [5, 5.41) is 0. The van der Waals surface area contributed by atoms with Crippen molar-refractivity contribution in [3.8, 4) is 0 Å². The quantitative estimate of drug-likeness (QED) is 0.730. The summed E-state index contributed by atoms with van der Waals surface area (Å²) >= 11 is 5.87. The Morgan fingerprint density at radius 2 is 1.70 bits per heavy atom. The van der Waals surface area contributed by atoms with Crippen molar-refractivity contribution in [2.75, 3.05) is 32.1 Å². The highest BCUT2D eigenvalue weighted by molar-refractivity contribution is 7.86. The Labute approximate surface area is 128 Å². The maximum Gasteiger partial charge on any atom is 0.281 e. The molecule has 0 aromatic heterocycles. The molecule has 0 amide bonds. The summed E-state index contributed by atoms with van der Waals surface area (Å²) in [5.74, 6) is 1.12. The van der Waals surface area contributed by atoms with Crippen molar-refractivity contribution in [2.24, 2.45) is 11.3 Å². The van der Waals surface area contributed by atoms with Crippen molar-refractivity contribution < 1.29 is 8.42 Å². The molecule has 0 unspecified atom stereocenters. The van der Waals surface area contributed by atoms with Crippen LogP contribution < -0.4 is 0 Å². The number of alkyl halides is 1. The van der Waals surface area contributed by atoms with Crippen LogP contribution in [0.2, 0.25) is 0 Å². The highest BCUT2D eigenvalue weighted by Gasteiger charge is 2.42. The van der Waals surface area contributed by atoms with E-state index in [0.717, 1.165) is 32.1 Å². The van der Waals surface area contributed by atoms with E-state index in [1.54, 1.807) is 8.61 Å². The zero-order chi connectivity index (χ0) is 14.8. The molecule has 118 valence electrons. The van der Waals surface area contributed by atoms with Gasteiger partial charge in [0.1, 0.15) is 0 Å². The zero-order valence-electron chi connectivity index (χ0n) is 12.6. The van der Waals surface area contributed by atoms with Gasteiger partial charge in [-0.15, -0.1) is 11.6 Å². The number of nitrogens with zero attached hydrogens (tertiary/aromatic N) is 2. The molecule has 0 atom stereocenters. The Hall–Kier alpha value is 0.160. The predicted octanol–water partition coefficient (Wildman–Crippen LogP) is 2.69. The summed E-state index contributed by atoms with van der Waals surface area (Å²) in [6.45, 7) is 6.97. The third kappa shape index (κ3) is 3.16. The normalized spacial score (nSPS) is 26.1. The zero-order valence-corrected chi connectivity index (χ0v) is 14.2. The second-order valence-electron chi connectivity index (χ2n) is 6.30. The molecule has 2 rings (SSSR count). The molecule has 0 spiro atoms. The molecule has 6 heteroatoms. The Kier molecular flexibility index (Phi) is 5.38. The molecule has 2 heterocycles. The van der Waals surface area contributed by atoms with Gasteiger partial charge in [-0.05, 0) is 43.4 Å². The lowest BCUT2D eigenvalue weighted by Gasteiger charge is -2.34. The van der Waals surface area contributed by atoms with E-state index in [2.05, 4.69) is 13.8 Å². The first-order valence-electron chi connectivity index (χ1n) is 7.78. The molecule has 0 N–H and O–H groups in total. The minimum atomic E-state index is -3.26. The van der Waals surface area contributed by atoms with Crippen molar-refractivity contribution in [3.63, 3.8) is 0 Å². The first-order chi connectivity index (χ1) is 9.47. The molecule has 0 aromatic rings. The molecule has 4 nitrogen and oxygen atoms in total. The van der Waals surface area contributed by atoms with E-state index in [9.17, 15) is 8.42 Å². The molecular formula is C14H27ClN2O2S. The lowest BCUT2D eigenvalue weighted by atomic mass is 9.82. The van der Waals surface area contributed by atoms with Gasteiger partial charge in [-0.25, -0.2) is 0 Å². The van der Waals surface area contributed by atoms with Crippen molar-refractivity contribution in [1.29, 1.82) is 0 Å². The summed E-state index contributed by atoms with van der Waals surface area (Å²) in [5.41, 5.74) is 0.196. The van der Waals surface area contributed by atoms with Crippen LogP contribution in [0.3, 0.4) is 0 Å². The van der Waals surface area contributed by atoms with E-state index in [1.165, 1.54) is 0 Å². The molecule has 0 radical (unpaired) electrons. The van der Waals surface area contributed by atoms with Gasteiger partial charge < -0.3 is 0 Å². The lowest BCUT2D eigenvalue weighted by Crippen LogP contribution is -2.47. The average Bonchev–Trinajstić information content (AvgIpc) is 2.93. The van der Waals surface area contributed by atoms with Crippen molar-refractivity contribution in [2.45, 2.75) is 46.0 Å². The van der Waals surface area contributed by atoms with Gasteiger partial charge in [-0.2, -0.15) is 17.0 Å². The van der Waals surface area contributed by atoms with Gasteiger partial charge in [0.2, 0.25) is 0 Å². The van der Waals surface area contributed by atoms with Crippen LogP contribution in [0.1, 0.15) is 46.0 Å². The first kappa shape index (κ1) is 16.5. The van der Waals surface area contributed by atoms with Crippen LogP contribution in [0.4, 0.5) is 0 Å². The van der Waals surface area contributed by atoms with Gasteiger partial charge in [0.05, 0.1) is 0 Å². The average molecular weight is 323 g/mol. The first-order valence-corrected chi connectivity index (χ1v) is 9.72. The van der Waals surface area contributed by atoms with Crippen LogP contribution in [0.25, 0.3) is 0 Å². The maximum atomic E-state index is 12.7. The maximum absolute atomic E-state index is 12.7. The second kappa shape index (κ2) is 6.51. The highest BCUT2D eigenvalue weighted by Crippen LogP contribution is 2.39. The Morgan fingerprint density at radius 3 is 2.15 bits per heavy atom.